The second-order valence-corrected chi connectivity index (χ2v) is 5.89. The summed E-state index contributed by atoms with van der Waals surface area (Å²) in [5, 5.41) is 4.83. The highest BCUT2D eigenvalue weighted by Gasteiger charge is 2.28. The lowest BCUT2D eigenvalue weighted by Gasteiger charge is -1.91. The van der Waals surface area contributed by atoms with Crippen molar-refractivity contribution in [3.63, 3.8) is 0 Å². The summed E-state index contributed by atoms with van der Waals surface area (Å²) in [6.45, 7) is 0. The van der Waals surface area contributed by atoms with Gasteiger partial charge in [0, 0.05) is 11.6 Å². The third-order valence-corrected chi connectivity index (χ3v) is 4.10. The average Bonchev–Trinajstić information content (AvgIpc) is 3.04. The van der Waals surface area contributed by atoms with Crippen molar-refractivity contribution in [2.45, 2.75) is 29.7 Å². The van der Waals surface area contributed by atoms with Crippen molar-refractivity contribution in [2.24, 2.45) is 0 Å². The number of aromatic amines is 1. The second kappa shape index (κ2) is 4.52. The second-order valence-electron chi connectivity index (χ2n) is 4.93. The highest BCUT2D eigenvalue weighted by Crippen LogP contribution is 2.38. The van der Waals surface area contributed by atoms with Crippen molar-refractivity contribution in [1.82, 2.24) is 20.1 Å². The molecule has 0 radical (unpaired) electrons. The van der Waals surface area contributed by atoms with Crippen LogP contribution in [0.25, 0.3) is 11.0 Å². The average molecular weight is 287 g/mol. The number of H-pyrrole nitrogens is 1. The van der Waals surface area contributed by atoms with Gasteiger partial charge in [0.05, 0.1) is 16.8 Å². The molecule has 1 aliphatic rings. The van der Waals surface area contributed by atoms with Gasteiger partial charge in [0.1, 0.15) is 0 Å². The van der Waals surface area contributed by atoms with Crippen LogP contribution in [0.2, 0.25) is 0 Å². The van der Waals surface area contributed by atoms with Gasteiger partial charge in [-0.3, -0.25) is 0 Å². The Labute approximate surface area is 119 Å². The normalized spacial score (nSPS) is 15.0. The van der Waals surface area contributed by atoms with Crippen LogP contribution in [0.1, 0.15) is 30.5 Å². The number of aromatic nitrogens is 4. The summed E-state index contributed by atoms with van der Waals surface area (Å²) in [6, 6.07) is 5.63. The summed E-state index contributed by atoms with van der Waals surface area (Å²) < 4.78 is 5.24. The molecule has 0 atom stereocenters. The minimum Gasteiger partial charge on any atom is -0.399 e. The first-order valence-corrected chi connectivity index (χ1v) is 7.47. The van der Waals surface area contributed by atoms with E-state index in [1.807, 2.05) is 18.2 Å². The Morgan fingerprint density at radius 3 is 3.10 bits per heavy atom. The van der Waals surface area contributed by atoms with Crippen molar-refractivity contribution in [2.75, 3.05) is 5.73 Å². The zero-order valence-electron chi connectivity index (χ0n) is 10.7. The fourth-order valence-electron chi connectivity index (χ4n) is 2.04. The van der Waals surface area contributed by atoms with Crippen LogP contribution in [-0.4, -0.2) is 20.1 Å². The molecule has 0 unspecified atom stereocenters. The van der Waals surface area contributed by atoms with E-state index in [1.54, 1.807) is 11.8 Å². The lowest BCUT2D eigenvalue weighted by atomic mass is 10.3. The number of fused-ring (bicyclic) bond motifs is 1. The summed E-state index contributed by atoms with van der Waals surface area (Å²) in [7, 11) is 0. The molecule has 3 aromatic rings. The molecule has 4 rings (SSSR count). The Balaban J connectivity index is 1.48. The Bertz CT molecular complexity index is 761. The lowest BCUT2D eigenvalue weighted by Crippen LogP contribution is -1.84. The van der Waals surface area contributed by atoms with Crippen LogP contribution in [0.4, 0.5) is 5.69 Å². The number of thioether (sulfide) groups is 1. The van der Waals surface area contributed by atoms with Gasteiger partial charge in [0.2, 0.25) is 5.89 Å². The van der Waals surface area contributed by atoms with Gasteiger partial charge < -0.3 is 15.2 Å². The zero-order chi connectivity index (χ0) is 13.5. The molecule has 3 N–H and O–H groups in total. The topological polar surface area (TPSA) is 93.6 Å². The summed E-state index contributed by atoms with van der Waals surface area (Å²) in [5.41, 5.74) is 8.32. The van der Waals surface area contributed by atoms with Crippen LogP contribution in [-0.2, 0) is 5.75 Å². The predicted octanol–water partition coefficient (Wildman–Crippen LogP) is 2.70. The maximum absolute atomic E-state index is 5.75. The number of hydrogen-bond donors (Lipinski definition) is 2. The van der Waals surface area contributed by atoms with E-state index in [9.17, 15) is 0 Å². The first-order valence-electron chi connectivity index (χ1n) is 6.48. The molecule has 2 heterocycles. The van der Waals surface area contributed by atoms with Crippen LogP contribution >= 0.6 is 11.8 Å². The molecule has 1 fully saturated rings. The van der Waals surface area contributed by atoms with Gasteiger partial charge in [-0.05, 0) is 31.0 Å². The van der Waals surface area contributed by atoms with Crippen LogP contribution in [0.5, 0.6) is 0 Å². The van der Waals surface area contributed by atoms with E-state index in [0.717, 1.165) is 27.7 Å². The number of imidazole rings is 1. The number of hydrogen-bond acceptors (Lipinski definition) is 6. The molecule has 2 aromatic heterocycles. The smallest absolute Gasteiger partial charge is 0.237 e. The minimum atomic E-state index is 0.520. The minimum absolute atomic E-state index is 0.520. The van der Waals surface area contributed by atoms with Crippen molar-refractivity contribution in [3.8, 4) is 0 Å². The quantitative estimate of drug-likeness (QED) is 0.566. The van der Waals surface area contributed by atoms with Gasteiger partial charge in [-0.2, -0.15) is 4.98 Å². The molecule has 0 saturated heterocycles. The van der Waals surface area contributed by atoms with Gasteiger partial charge in [-0.15, -0.1) is 0 Å². The van der Waals surface area contributed by atoms with Crippen LogP contribution in [0.3, 0.4) is 0 Å². The molecule has 1 aliphatic carbocycles. The Morgan fingerprint density at radius 1 is 1.35 bits per heavy atom. The van der Waals surface area contributed by atoms with Crippen molar-refractivity contribution in [3.05, 3.63) is 29.9 Å². The molecule has 0 amide bonds. The number of nitrogens with zero attached hydrogens (tertiary/aromatic N) is 3. The van der Waals surface area contributed by atoms with E-state index in [4.69, 9.17) is 10.3 Å². The van der Waals surface area contributed by atoms with Gasteiger partial charge in [-0.1, -0.05) is 16.9 Å². The highest BCUT2D eigenvalue weighted by atomic mass is 32.2. The molecule has 0 spiro atoms. The molecule has 102 valence electrons. The lowest BCUT2D eigenvalue weighted by molar-refractivity contribution is 0.385. The third-order valence-electron chi connectivity index (χ3n) is 3.24. The monoisotopic (exact) mass is 287 g/mol. The molecule has 1 aromatic carbocycles. The Kier molecular flexibility index (Phi) is 2.66. The molecule has 7 heteroatoms. The van der Waals surface area contributed by atoms with Crippen molar-refractivity contribution in [1.29, 1.82) is 0 Å². The fraction of sp³-hybridized carbons (Fsp3) is 0.308. The van der Waals surface area contributed by atoms with Gasteiger partial charge in [0.25, 0.3) is 0 Å². The van der Waals surface area contributed by atoms with Crippen molar-refractivity contribution >= 4 is 28.5 Å². The Morgan fingerprint density at radius 2 is 2.25 bits per heavy atom. The van der Waals surface area contributed by atoms with Gasteiger partial charge in [0.15, 0.2) is 11.0 Å². The number of nitrogen functional groups attached to an aromatic ring is 1. The standard InChI is InChI=1S/C13H13N5OS/c14-8-3-4-9-10(5-8)16-13(15-9)20-6-11-17-12(18-19-11)7-1-2-7/h3-5,7H,1-2,6,14H2,(H,15,16). The number of benzene rings is 1. The van der Waals surface area contributed by atoms with Crippen LogP contribution in [0.15, 0.2) is 27.9 Å². The van der Waals surface area contributed by atoms with Gasteiger partial charge in [-0.25, -0.2) is 4.98 Å². The highest BCUT2D eigenvalue weighted by molar-refractivity contribution is 7.98. The molecule has 1 saturated carbocycles. The first kappa shape index (κ1) is 11.8. The fourth-order valence-corrected chi connectivity index (χ4v) is 2.76. The maximum Gasteiger partial charge on any atom is 0.237 e. The van der Waals surface area contributed by atoms with E-state index in [1.165, 1.54) is 12.8 Å². The van der Waals surface area contributed by atoms with Crippen LogP contribution < -0.4 is 5.73 Å². The zero-order valence-corrected chi connectivity index (χ0v) is 11.5. The molecule has 0 bridgehead atoms. The molecular formula is C13H13N5OS. The van der Waals surface area contributed by atoms with Gasteiger partial charge >= 0.3 is 0 Å². The van der Waals surface area contributed by atoms with E-state index in [0.29, 0.717) is 17.6 Å². The number of rotatable bonds is 4. The van der Waals surface area contributed by atoms with E-state index < -0.39 is 0 Å². The maximum atomic E-state index is 5.75. The Hall–Kier alpha value is -2.02. The van der Waals surface area contributed by atoms with Crippen LogP contribution in [0, 0.1) is 0 Å². The summed E-state index contributed by atoms with van der Waals surface area (Å²) in [4.78, 5) is 12.1. The summed E-state index contributed by atoms with van der Waals surface area (Å²) in [6.07, 6.45) is 2.36. The van der Waals surface area contributed by atoms with E-state index >= 15 is 0 Å². The number of nitrogens with two attached hydrogens (primary N) is 1. The molecular weight excluding hydrogens is 274 g/mol. The number of anilines is 1. The van der Waals surface area contributed by atoms with E-state index in [-0.39, 0.29) is 0 Å². The third kappa shape index (κ3) is 2.24. The van der Waals surface area contributed by atoms with Crippen molar-refractivity contribution < 1.29 is 4.52 Å². The number of nitrogens with one attached hydrogen (secondary N) is 1. The summed E-state index contributed by atoms with van der Waals surface area (Å²) in [5.74, 6) is 2.64. The SMILES string of the molecule is Nc1ccc2nc(SCc3nc(C4CC4)no3)[nH]c2c1. The molecule has 6 nitrogen and oxygen atoms in total. The van der Waals surface area contributed by atoms with E-state index in [2.05, 4.69) is 20.1 Å². The first-order chi connectivity index (χ1) is 9.78. The molecule has 20 heavy (non-hydrogen) atoms. The predicted molar refractivity (Wildman–Crippen MR) is 76.3 cm³/mol. The summed E-state index contributed by atoms with van der Waals surface area (Å²) >= 11 is 1.55. The largest absolute Gasteiger partial charge is 0.399 e. The molecule has 0 aliphatic heterocycles.